The molecule has 2 aromatic rings. The molecule has 1 unspecified atom stereocenters. The molecule has 1 aromatic carbocycles. The average Bonchev–Trinajstić information content (AvgIpc) is 2.87. The van der Waals surface area contributed by atoms with Gasteiger partial charge in [-0.1, -0.05) is 6.07 Å². The lowest BCUT2D eigenvalue weighted by Gasteiger charge is -2.14. The van der Waals surface area contributed by atoms with Gasteiger partial charge in [0.1, 0.15) is 0 Å². The lowest BCUT2D eigenvalue weighted by molar-refractivity contribution is 0.500. The van der Waals surface area contributed by atoms with Crippen LogP contribution in [0.2, 0.25) is 0 Å². The maximum atomic E-state index is 13.1. The predicted octanol–water partition coefficient (Wildman–Crippen LogP) is 3.64. The van der Waals surface area contributed by atoms with Gasteiger partial charge < -0.3 is 9.88 Å². The molecule has 102 valence electrons. The summed E-state index contributed by atoms with van der Waals surface area (Å²) < 4.78 is 28.1. The van der Waals surface area contributed by atoms with Gasteiger partial charge in [-0.05, 0) is 43.2 Å². The normalized spacial score (nSPS) is 12.6. The van der Waals surface area contributed by atoms with Crippen molar-refractivity contribution in [1.82, 2.24) is 9.88 Å². The molecule has 0 radical (unpaired) electrons. The Hall–Kier alpha value is -1.68. The third kappa shape index (κ3) is 3.41. The van der Waals surface area contributed by atoms with E-state index in [2.05, 4.69) is 29.1 Å². The molecule has 2 nitrogen and oxygen atoms in total. The molecule has 0 aliphatic carbocycles. The summed E-state index contributed by atoms with van der Waals surface area (Å²) in [6.07, 6.45) is 4.10. The van der Waals surface area contributed by atoms with Crippen LogP contribution in [-0.2, 0) is 13.1 Å². The predicted molar refractivity (Wildman–Crippen MR) is 71.7 cm³/mol. The minimum Gasteiger partial charge on any atom is -0.354 e. The van der Waals surface area contributed by atoms with Gasteiger partial charge in [0.05, 0.1) is 0 Å². The molecule has 1 N–H and O–H groups in total. The number of halogens is 2. The SMILES string of the molecule is CCn1ccc(CNC(C)c2ccc(F)c(F)c2)c1. The number of rotatable bonds is 5. The smallest absolute Gasteiger partial charge is 0.159 e. The highest BCUT2D eigenvalue weighted by Crippen LogP contribution is 2.16. The Morgan fingerprint density at radius 1 is 1.21 bits per heavy atom. The van der Waals surface area contributed by atoms with Crippen molar-refractivity contribution in [2.45, 2.75) is 33.0 Å². The Kier molecular flexibility index (Phi) is 4.32. The first-order valence-corrected chi connectivity index (χ1v) is 6.43. The second kappa shape index (κ2) is 5.97. The van der Waals surface area contributed by atoms with Gasteiger partial charge in [0.2, 0.25) is 0 Å². The zero-order valence-electron chi connectivity index (χ0n) is 11.2. The molecule has 0 bridgehead atoms. The molecule has 0 spiro atoms. The molecule has 0 amide bonds. The third-order valence-corrected chi connectivity index (χ3v) is 3.23. The molecular formula is C15H18F2N2. The number of aromatic nitrogens is 1. The van der Waals surface area contributed by atoms with Crippen molar-refractivity contribution >= 4 is 0 Å². The molecule has 19 heavy (non-hydrogen) atoms. The topological polar surface area (TPSA) is 17.0 Å². The summed E-state index contributed by atoms with van der Waals surface area (Å²) in [7, 11) is 0. The molecule has 2 rings (SSSR count). The van der Waals surface area contributed by atoms with Gasteiger partial charge in [-0.2, -0.15) is 0 Å². The Bertz CT molecular complexity index is 549. The first-order chi connectivity index (χ1) is 9.10. The molecule has 1 heterocycles. The van der Waals surface area contributed by atoms with E-state index in [1.165, 1.54) is 11.6 Å². The zero-order chi connectivity index (χ0) is 13.8. The van der Waals surface area contributed by atoms with Gasteiger partial charge in [0.25, 0.3) is 0 Å². The van der Waals surface area contributed by atoms with Crippen molar-refractivity contribution in [2.75, 3.05) is 0 Å². The van der Waals surface area contributed by atoms with Crippen LogP contribution in [0.4, 0.5) is 8.78 Å². The molecule has 0 saturated carbocycles. The van der Waals surface area contributed by atoms with Crippen molar-refractivity contribution in [3.63, 3.8) is 0 Å². The molecular weight excluding hydrogens is 246 g/mol. The average molecular weight is 264 g/mol. The van der Waals surface area contributed by atoms with E-state index in [1.54, 1.807) is 6.07 Å². The standard InChI is InChI=1S/C15H18F2N2/c1-3-19-7-6-12(10-19)9-18-11(2)13-4-5-14(16)15(17)8-13/h4-8,10-11,18H,3,9H2,1-2H3. The van der Waals surface area contributed by atoms with Gasteiger partial charge in [-0.25, -0.2) is 8.78 Å². The van der Waals surface area contributed by atoms with Crippen LogP contribution in [-0.4, -0.2) is 4.57 Å². The van der Waals surface area contributed by atoms with Gasteiger partial charge in [-0.15, -0.1) is 0 Å². The Morgan fingerprint density at radius 3 is 2.63 bits per heavy atom. The van der Waals surface area contributed by atoms with Crippen LogP contribution in [0.5, 0.6) is 0 Å². The van der Waals surface area contributed by atoms with Gasteiger partial charge in [0.15, 0.2) is 11.6 Å². The fourth-order valence-corrected chi connectivity index (χ4v) is 1.96. The summed E-state index contributed by atoms with van der Waals surface area (Å²) in [5.74, 6) is -1.61. The van der Waals surface area contributed by atoms with Gasteiger partial charge in [0, 0.05) is 31.5 Å². The highest BCUT2D eigenvalue weighted by molar-refractivity contribution is 5.21. The maximum absolute atomic E-state index is 13.1. The van der Waals surface area contributed by atoms with Crippen LogP contribution in [0.25, 0.3) is 0 Å². The number of benzene rings is 1. The molecule has 4 heteroatoms. The molecule has 0 aliphatic rings. The van der Waals surface area contributed by atoms with E-state index in [4.69, 9.17) is 0 Å². The summed E-state index contributed by atoms with van der Waals surface area (Å²) in [4.78, 5) is 0. The number of aryl methyl sites for hydroxylation is 1. The first-order valence-electron chi connectivity index (χ1n) is 6.43. The number of hydrogen-bond donors (Lipinski definition) is 1. The molecule has 0 aliphatic heterocycles. The van der Waals surface area contributed by atoms with Crippen molar-refractivity contribution in [3.05, 3.63) is 59.4 Å². The van der Waals surface area contributed by atoms with Crippen LogP contribution in [0.1, 0.15) is 31.0 Å². The van der Waals surface area contributed by atoms with Crippen molar-refractivity contribution in [3.8, 4) is 0 Å². The summed E-state index contributed by atoms with van der Waals surface area (Å²) >= 11 is 0. The van der Waals surface area contributed by atoms with E-state index in [0.717, 1.165) is 18.2 Å². The Balaban J connectivity index is 1.96. The number of hydrogen-bond acceptors (Lipinski definition) is 1. The lowest BCUT2D eigenvalue weighted by Crippen LogP contribution is -2.18. The van der Waals surface area contributed by atoms with Crippen LogP contribution in [0, 0.1) is 11.6 Å². The van der Waals surface area contributed by atoms with Crippen LogP contribution in [0.3, 0.4) is 0 Å². The van der Waals surface area contributed by atoms with Gasteiger partial charge in [-0.3, -0.25) is 0 Å². The molecule has 1 atom stereocenters. The molecule has 0 saturated heterocycles. The maximum Gasteiger partial charge on any atom is 0.159 e. The summed E-state index contributed by atoms with van der Waals surface area (Å²) in [6.45, 7) is 5.66. The monoisotopic (exact) mass is 264 g/mol. The Morgan fingerprint density at radius 2 is 2.00 bits per heavy atom. The quantitative estimate of drug-likeness (QED) is 0.872. The van der Waals surface area contributed by atoms with Crippen molar-refractivity contribution in [2.24, 2.45) is 0 Å². The summed E-state index contributed by atoms with van der Waals surface area (Å²) in [6, 6.07) is 6.03. The zero-order valence-corrected chi connectivity index (χ0v) is 11.2. The minimum atomic E-state index is -0.809. The third-order valence-electron chi connectivity index (χ3n) is 3.23. The van der Waals surface area contributed by atoms with E-state index in [9.17, 15) is 8.78 Å². The Labute approximate surface area is 112 Å². The van der Waals surface area contributed by atoms with Crippen molar-refractivity contribution in [1.29, 1.82) is 0 Å². The first kappa shape index (κ1) is 13.7. The number of nitrogens with zero attached hydrogens (tertiary/aromatic N) is 1. The van der Waals surface area contributed by atoms with Crippen LogP contribution in [0.15, 0.2) is 36.7 Å². The number of nitrogens with one attached hydrogen (secondary N) is 1. The fraction of sp³-hybridized carbons (Fsp3) is 0.333. The van der Waals surface area contributed by atoms with E-state index in [0.29, 0.717) is 6.54 Å². The van der Waals surface area contributed by atoms with Crippen molar-refractivity contribution < 1.29 is 8.78 Å². The highest BCUT2D eigenvalue weighted by atomic mass is 19.2. The molecule has 0 fully saturated rings. The van der Waals surface area contributed by atoms with Crippen LogP contribution < -0.4 is 5.32 Å². The second-order valence-corrected chi connectivity index (χ2v) is 4.63. The van der Waals surface area contributed by atoms with E-state index in [1.807, 2.05) is 13.1 Å². The highest BCUT2D eigenvalue weighted by Gasteiger charge is 2.09. The van der Waals surface area contributed by atoms with E-state index >= 15 is 0 Å². The van der Waals surface area contributed by atoms with E-state index < -0.39 is 11.6 Å². The summed E-state index contributed by atoms with van der Waals surface area (Å²) in [5.41, 5.74) is 1.92. The largest absolute Gasteiger partial charge is 0.354 e. The minimum absolute atomic E-state index is 0.0277. The van der Waals surface area contributed by atoms with Crippen LogP contribution >= 0.6 is 0 Å². The fourth-order valence-electron chi connectivity index (χ4n) is 1.96. The second-order valence-electron chi connectivity index (χ2n) is 4.63. The van der Waals surface area contributed by atoms with E-state index in [-0.39, 0.29) is 6.04 Å². The summed E-state index contributed by atoms with van der Waals surface area (Å²) in [5, 5.41) is 3.30. The lowest BCUT2D eigenvalue weighted by atomic mass is 10.1. The molecule has 1 aromatic heterocycles. The van der Waals surface area contributed by atoms with Gasteiger partial charge >= 0.3 is 0 Å².